The van der Waals surface area contributed by atoms with Crippen LogP contribution in [0.4, 0.5) is 0 Å². The first-order valence-corrected chi connectivity index (χ1v) is 7.58. The molecule has 0 saturated carbocycles. The molecule has 0 aromatic heterocycles. The quantitative estimate of drug-likeness (QED) is 0.803. The minimum atomic E-state index is -0.790. The Morgan fingerprint density at radius 1 is 1.28 bits per heavy atom. The van der Waals surface area contributed by atoms with Crippen molar-refractivity contribution in [1.82, 2.24) is 9.80 Å². The fourth-order valence-corrected chi connectivity index (χ4v) is 3.68. The smallest absolute Gasteiger partial charge is 0.320 e. The molecule has 0 aliphatic carbocycles. The van der Waals surface area contributed by atoms with Crippen molar-refractivity contribution >= 4 is 23.6 Å². The Bertz CT molecular complexity index is 323. The Balaban J connectivity index is 1.82. The fourth-order valence-electron chi connectivity index (χ4n) is 2.47. The lowest BCUT2D eigenvalue weighted by molar-refractivity contribution is -0.144. The maximum Gasteiger partial charge on any atom is 0.320 e. The number of carbonyl (C=O) groups is 2. The van der Waals surface area contributed by atoms with E-state index in [4.69, 9.17) is 5.11 Å². The molecule has 0 aromatic rings. The minimum absolute atomic E-state index is 0.193. The number of hydrogen-bond donors (Lipinski definition) is 1. The summed E-state index contributed by atoms with van der Waals surface area (Å²) in [4.78, 5) is 26.9. The van der Waals surface area contributed by atoms with Gasteiger partial charge >= 0.3 is 5.97 Å². The summed E-state index contributed by atoms with van der Waals surface area (Å²) in [6.07, 6.45) is 0.995. The zero-order valence-electron chi connectivity index (χ0n) is 10.7. The first-order valence-electron chi connectivity index (χ1n) is 6.43. The van der Waals surface area contributed by atoms with Crippen molar-refractivity contribution in [2.45, 2.75) is 19.4 Å². The molecule has 0 spiro atoms. The van der Waals surface area contributed by atoms with Crippen LogP contribution in [0.25, 0.3) is 0 Å². The average molecular weight is 272 g/mol. The molecule has 1 N–H and O–H groups in total. The topological polar surface area (TPSA) is 60.9 Å². The van der Waals surface area contributed by atoms with Gasteiger partial charge in [0.25, 0.3) is 0 Å². The molecule has 0 bridgehead atoms. The van der Waals surface area contributed by atoms with Crippen LogP contribution in [0.15, 0.2) is 0 Å². The lowest BCUT2D eigenvalue weighted by atomic mass is 10.1. The number of carbonyl (C=O) groups excluding carboxylic acids is 1. The van der Waals surface area contributed by atoms with Gasteiger partial charge in [0.2, 0.25) is 5.91 Å². The van der Waals surface area contributed by atoms with Crippen molar-refractivity contribution in [3.63, 3.8) is 0 Å². The summed E-state index contributed by atoms with van der Waals surface area (Å²) >= 11 is 1.85. The lowest BCUT2D eigenvalue weighted by Crippen LogP contribution is -2.54. The Morgan fingerprint density at radius 3 is 2.44 bits per heavy atom. The van der Waals surface area contributed by atoms with Crippen molar-refractivity contribution < 1.29 is 14.7 Å². The number of piperazine rings is 1. The third kappa shape index (κ3) is 2.98. The van der Waals surface area contributed by atoms with Gasteiger partial charge in [-0.1, -0.05) is 0 Å². The van der Waals surface area contributed by atoms with Crippen molar-refractivity contribution in [1.29, 1.82) is 0 Å². The standard InChI is InChI=1S/C12H20N2O3S/c1-9(12(16)17)13-3-5-14(6-4-13)11(15)10-2-7-18-8-10/h9-10H,2-8H2,1H3,(H,16,17). The second-order valence-electron chi connectivity index (χ2n) is 4.94. The second-order valence-corrected chi connectivity index (χ2v) is 6.09. The summed E-state index contributed by atoms with van der Waals surface area (Å²) in [6.45, 7) is 4.36. The van der Waals surface area contributed by atoms with Crippen molar-refractivity contribution in [3.8, 4) is 0 Å². The maximum absolute atomic E-state index is 12.2. The molecule has 2 rings (SSSR count). The van der Waals surface area contributed by atoms with E-state index in [-0.39, 0.29) is 11.8 Å². The maximum atomic E-state index is 12.2. The highest BCUT2D eigenvalue weighted by molar-refractivity contribution is 7.99. The van der Waals surface area contributed by atoms with Gasteiger partial charge in [0.15, 0.2) is 0 Å². The number of aliphatic carboxylic acids is 1. The summed E-state index contributed by atoms with van der Waals surface area (Å²) in [5.41, 5.74) is 0. The van der Waals surface area contributed by atoms with E-state index in [0.717, 1.165) is 17.9 Å². The number of carboxylic acids is 1. The lowest BCUT2D eigenvalue weighted by Gasteiger charge is -2.37. The molecule has 2 heterocycles. The van der Waals surface area contributed by atoms with Crippen LogP contribution in [0.3, 0.4) is 0 Å². The number of hydrogen-bond acceptors (Lipinski definition) is 4. The van der Waals surface area contributed by atoms with E-state index in [0.29, 0.717) is 26.2 Å². The average Bonchev–Trinajstić information content (AvgIpc) is 2.91. The van der Waals surface area contributed by atoms with Crippen LogP contribution in [0, 0.1) is 5.92 Å². The molecule has 2 aliphatic heterocycles. The van der Waals surface area contributed by atoms with E-state index in [1.807, 2.05) is 21.6 Å². The van der Waals surface area contributed by atoms with Crippen LogP contribution in [0.5, 0.6) is 0 Å². The monoisotopic (exact) mass is 272 g/mol. The predicted octanol–water partition coefficient (Wildman–Crippen LogP) is 0.357. The summed E-state index contributed by atoms with van der Waals surface area (Å²) in [5.74, 6) is 1.71. The Morgan fingerprint density at radius 2 is 1.94 bits per heavy atom. The highest BCUT2D eigenvalue weighted by Crippen LogP contribution is 2.25. The van der Waals surface area contributed by atoms with Gasteiger partial charge in [-0.2, -0.15) is 11.8 Å². The van der Waals surface area contributed by atoms with Gasteiger partial charge < -0.3 is 10.0 Å². The Kier molecular flexibility index (Phi) is 4.50. The zero-order valence-corrected chi connectivity index (χ0v) is 11.5. The van der Waals surface area contributed by atoms with Gasteiger partial charge in [-0.25, -0.2) is 0 Å². The predicted molar refractivity (Wildman–Crippen MR) is 70.7 cm³/mol. The highest BCUT2D eigenvalue weighted by atomic mass is 32.2. The van der Waals surface area contributed by atoms with E-state index in [1.54, 1.807) is 6.92 Å². The normalized spacial score (nSPS) is 27.2. The van der Waals surface area contributed by atoms with Gasteiger partial charge in [-0.3, -0.25) is 14.5 Å². The van der Waals surface area contributed by atoms with Crippen molar-refractivity contribution in [2.75, 3.05) is 37.7 Å². The van der Waals surface area contributed by atoms with E-state index < -0.39 is 12.0 Å². The van der Waals surface area contributed by atoms with Crippen LogP contribution in [0.1, 0.15) is 13.3 Å². The second kappa shape index (κ2) is 5.93. The number of nitrogens with zero attached hydrogens (tertiary/aromatic N) is 2. The van der Waals surface area contributed by atoms with Gasteiger partial charge in [0, 0.05) is 37.8 Å². The first-order chi connectivity index (χ1) is 8.59. The summed E-state index contributed by atoms with van der Waals surface area (Å²) in [7, 11) is 0. The van der Waals surface area contributed by atoms with E-state index in [1.165, 1.54) is 0 Å². The van der Waals surface area contributed by atoms with Gasteiger partial charge in [-0.15, -0.1) is 0 Å². The van der Waals surface area contributed by atoms with Crippen LogP contribution in [-0.2, 0) is 9.59 Å². The van der Waals surface area contributed by atoms with E-state index in [9.17, 15) is 9.59 Å². The largest absolute Gasteiger partial charge is 0.480 e. The molecular formula is C12H20N2O3S. The summed E-state index contributed by atoms with van der Waals surface area (Å²) in [5, 5.41) is 8.96. The van der Waals surface area contributed by atoms with Gasteiger partial charge in [-0.05, 0) is 19.1 Å². The van der Waals surface area contributed by atoms with Crippen LogP contribution < -0.4 is 0 Å². The molecule has 2 fully saturated rings. The van der Waals surface area contributed by atoms with E-state index >= 15 is 0 Å². The molecule has 2 unspecified atom stereocenters. The molecular weight excluding hydrogens is 252 g/mol. The molecule has 5 nitrogen and oxygen atoms in total. The zero-order chi connectivity index (χ0) is 13.1. The van der Waals surface area contributed by atoms with Crippen LogP contribution in [0.2, 0.25) is 0 Å². The van der Waals surface area contributed by atoms with Crippen molar-refractivity contribution in [2.24, 2.45) is 5.92 Å². The van der Waals surface area contributed by atoms with Crippen molar-refractivity contribution in [3.05, 3.63) is 0 Å². The van der Waals surface area contributed by atoms with Crippen LogP contribution >= 0.6 is 11.8 Å². The molecule has 2 saturated heterocycles. The minimum Gasteiger partial charge on any atom is -0.480 e. The van der Waals surface area contributed by atoms with E-state index in [2.05, 4.69) is 0 Å². The third-order valence-electron chi connectivity index (χ3n) is 3.81. The molecule has 18 heavy (non-hydrogen) atoms. The molecule has 2 atom stereocenters. The third-order valence-corrected chi connectivity index (χ3v) is 4.97. The molecule has 2 aliphatic rings. The number of thioether (sulfide) groups is 1. The summed E-state index contributed by atoms with van der Waals surface area (Å²) in [6, 6.07) is -0.454. The molecule has 0 radical (unpaired) electrons. The first kappa shape index (κ1) is 13.7. The Labute approximate surface area is 112 Å². The molecule has 102 valence electrons. The highest BCUT2D eigenvalue weighted by Gasteiger charge is 2.31. The number of amides is 1. The molecule has 0 aromatic carbocycles. The number of rotatable bonds is 3. The molecule has 1 amide bonds. The SMILES string of the molecule is CC(C(=O)O)N1CCN(C(=O)C2CCSC2)CC1. The Hall–Kier alpha value is -0.750. The van der Waals surface area contributed by atoms with Gasteiger partial charge in [0.1, 0.15) is 6.04 Å². The number of carboxylic acid groups (broad SMARTS) is 1. The fraction of sp³-hybridized carbons (Fsp3) is 0.833. The van der Waals surface area contributed by atoms with Gasteiger partial charge in [0.05, 0.1) is 0 Å². The summed E-state index contributed by atoms with van der Waals surface area (Å²) < 4.78 is 0. The van der Waals surface area contributed by atoms with Crippen LogP contribution in [-0.4, -0.2) is 70.5 Å². The molecule has 6 heteroatoms.